The smallest absolute Gasteiger partial charge is 0.257 e. The molecule has 0 aliphatic carbocycles. The largest absolute Gasteiger partial charge is 0.496 e. The van der Waals surface area contributed by atoms with Crippen LogP contribution < -0.4 is 14.8 Å². The van der Waals surface area contributed by atoms with E-state index < -0.39 is 0 Å². The van der Waals surface area contributed by atoms with Crippen LogP contribution in [-0.4, -0.2) is 26.2 Å². The Morgan fingerprint density at radius 3 is 2.75 bits per heavy atom. The number of para-hydroxylation sites is 1. The lowest BCUT2D eigenvalue weighted by molar-refractivity contribution is -0.123. The maximum atomic E-state index is 11.8. The summed E-state index contributed by atoms with van der Waals surface area (Å²) in [6.07, 6.45) is 0.660. The van der Waals surface area contributed by atoms with Crippen molar-refractivity contribution in [1.82, 2.24) is 5.32 Å². The average molecular weight is 345 g/mol. The molecule has 0 unspecified atom stereocenters. The quantitative estimate of drug-likeness (QED) is 0.838. The molecule has 2 aromatic rings. The molecule has 0 aliphatic heterocycles. The van der Waals surface area contributed by atoms with Crippen molar-refractivity contribution in [3.63, 3.8) is 0 Å². The van der Waals surface area contributed by atoms with Crippen LogP contribution in [0.15, 0.2) is 42.5 Å². The highest BCUT2D eigenvalue weighted by Gasteiger charge is 2.07. The lowest BCUT2D eigenvalue weighted by atomic mass is 10.1. The van der Waals surface area contributed by atoms with E-state index in [9.17, 15) is 4.79 Å². The summed E-state index contributed by atoms with van der Waals surface area (Å²) in [5.74, 6) is 0.924. The van der Waals surface area contributed by atoms with Gasteiger partial charge in [-0.25, -0.2) is 0 Å². The third kappa shape index (κ3) is 4.90. The van der Waals surface area contributed by atoms with Gasteiger partial charge in [-0.3, -0.25) is 4.79 Å². The van der Waals surface area contributed by atoms with E-state index in [0.29, 0.717) is 29.3 Å². The van der Waals surface area contributed by atoms with Crippen molar-refractivity contribution in [1.29, 1.82) is 5.26 Å². The number of nitriles is 1. The summed E-state index contributed by atoms with van der Waals surface area (Å²) < 4.78 is 10.6. The highest BCUT2D eigenvalue weighted by atomic mass is 35.5. The molecule has 0 saturated heterocycles. The minimum atomic E-state index is -0.245. The molecule has 0 spiro atoms. The molecule has 0 aromatic heterocycles. The van der Waals surface area contributed by atoms with Gasteiger partial charge in [-0.15, -0.1) is 0 Å². The first kappa shape index (κ1) is 17.6. The monoisotopic (exact) mass is 344 g/mol. The Hall–Kier alpha value is -2.71. The fraction of sp³-hybridized carbons (Fsp3) is 0.222. The highest BCUT2D eigenvalue weighted by molar-refractivity contribution is 6.32. The van der Waals surface area contributed by atoms with E-state index >= 15 is 0 Å². The first-order chi connectivity index (χ1) is 11.6. The maximum Gasteiger partial charge on any atom is 0.257 e. The van der Waals surface area contributed by atoms with Crippen molar-refractivity contribution < 1.29 is 14.3 Å². The summed E-state index contributed by atoms with van der Waals surface area (Å²) in [5.41, 5.74) is 1.46. The normalized spacial score (nSPS) is 9.88. The van der Waals surface area contributed by atoms with E-state index in [-0.39, 0.29) is 12.5 Å². The van der Waals surface area contributed by atoms with Crippen LogP contribution in [0.5, 0.6) is 11.5 Å². The van der Waals surface area contributed by atoms with Gasteiger partial charge in [-0.05, 0) is 36.2 Å². The van der Waals surface area contributed by atoms with E-state index in [4.69, 9.17) is 26.3 Å². The lowest BCUT2D eigenvalue weighted by Crippen LogP contribution is -2.30. The van der Waals surface area contributed by atoms with Crippen LogP contribution in [-0.2, 0) is 11.2 Å². The molecule has 6 heteroatoms. The second-order valence-corrected chi connectivity index (χ2v) is 5.36. The van der Waals surface area contributed by atoms with Crippen LogP contribution in [0.3, 0.4) is 0 Å². The van der Waals surface area contributed by atoms with Gasteiger partial charge in [0.2, 0.25) is 0 Å². The fourth-order valence-electron chi connectivity index (χ4n) is 2.13. The Balaban J connectivity index is 1.79. The number of ether oxygens (including phenoxy) is 2. The molecular weight excluding hydrogens is 328 g/mol. The first-order valence-corrected chi connectivity index (χ1v) is 7.73. The minimum Gasteiger partial charge on any atom is -0.496 e. The lowest BCUT2D eigenvalue weighted by Gasteiger charge is -2.10. The molecule has 2 aromatic carbocycles. The number of rotatable bonds is 7. The predicted octanol–water partition coefficient (Wildman–Crippen LogP) is 2.96. The van der Waals surface area contributed by atoms with E-state index in [1.54, 1.807) is 19.2 Å². The van der Waals surface area contributed by atoms with Crippen molar-refractivity contribution in [2.45, 2.75) is 6.42 Å². The van der Waals surface area contributed by atoms with Crippen LogP contribution in [0, 0.1) is 11.3 Å². The molecule has 5 nitrogen and oxygen atoms in total. The van der Waals surface area contributed by atoms with Crippen LogP contribution in [0.1, 0.15) is 11.1 Å². The number of amides is 1. The number of nitrogens with zero attached hydrogens (tertiary/aromatic N) is 1. The van der Waals surface area contributed by atoms with E-state index in [1.165, 1.54) is 6.07 Å². The van der Waals surface area contributed by atoms with Crippen LogP contribution in [0.4, 0.5) is 0 Å². The minimum absolute atomic E-state index is 0.141. The van der Waals surface area contributed by atoms with Crippen LogP contribution in [0.2, 0.25) is 5.02 Å². The Kier molecular flexibility index (Phi) is 6.47. The van der Waals surface area contributed by atoms with Gasteiger partial charge in [0.25, 0.3) is 5.91 Å². The summed E-state index contributed by atoms with van der Waals surface area (Å²) in [4.78, 5) is 11.8. The molecule has 124 valence electrons. The Labute approximate surface area is 145 Å². The number of hydrogen-bond acceptors (Lipinski definition) is 4. The number of hydrogen-bond donors (Lipinski definition) is 1. The molecule has 24 heavy (non-hydrogen) atoms. The van der Waals surface area contributed by atoms with Crippen LogP contribution in [0.25, 0.3) is 0 Å². The molecule has 0 fully saturated rings. The number of carbonyl (C=O) groups excluding carboxylic acids is 1. The highest BCUT2D eigenvalue weighted by Crippen LogP contribution is 2.25. The Morgan fingerprint density at radius 2 is 2.04 bits per heavy atom. The van der Waals surface area contributed by atoms with Crippen molar-refractivity contribution in [2.24, 2.45) is 0 Å². The van der Waals surface area contributed by atoms with Gasteiger partial charge in [-0.2, -0.15) is 5.26 Å². The van der Waals surface area contributed by atoms with Gasteiger partial charge in [-0.1, -0.05) is 29.8 Å². The molecule has 0 saturated carbocycles. The average Bonchev–Trinajstić information content (AvgIpc) is 2.61. The molecule has 0 radical (unpaired) electrons. The Morgan fingerprint density at radius 1 is 1.25 bits per heavy atom. The molecule has 2 rings (SSSR count). The summed E-state index contributed by atoms with van der Waals surface area (Å²) >= 11 is 5.99. The van der Waals surface area contributed by atoms with Gasteiger partial charge in [0.15, 0.2) is 6.61 Å². The molecule has 0 aliphatic rings. The van der Waals surface area contributed by atoms with Crippen molar-refractivity contribution in [2.75, 3.05) is 20.3 Å². The zero-order valence-corrected chi connectivity index (χ0v) is 14.0. The number of nitrogens with one attached hydrogen (secondary N) is 1. The second kappa shape index (κ2) is 8.80. The van der Waals surface area contributed by atoms with Gasteiger partial charge in [0.1, 0.15) is 11.5 Å². The van der Waals surface area contributed by atoms with Crippen LogP contribution >= 0.6 is 11.6 Å². The maximum absolute atomic E-state index is 11.8. The van der Waals surface area contributed by atoms with E-state index in [1.807, 2.05) is 30.3 Å². The van der Waals surface area contributed by atoms with Crippen molar-refractivity contribution in [3.05, 3.63) is 58.6 Å². The standard InChI is InChI=1S/C18H17ClN2O3/c1-23-16-5-3-2-4-14(16)8-9-21-18(22)12-24-17-7-6-13(11-20)10-15(17)19/h2-7,10H,8-9,12H2,1H3,(H,21,22). The predicted molar refractivity (Wildman–Crippen MR) is 91.4 cm³/mol. The third-order valence-electron chi connectivity index (χ3n) is 3.33. The van der Waals surface area contributed by atoms with Crippen molar-refractivity contribution >= 4 is 17.5 Å². The molecule has 0 atom stereocenters. The molecule has 0 heterocycles. The molecule has 1 N–H and O–H groups in total. The Bertz CT molecular complexity index is 756. The first-order valence-electron chi connectivity index (χ1n) is 7.35. The second-order valence-electron chi connectivity index (χ2n) is 4.96. The van der Waals surface area contributed by atoms with Gasteiger partial charge < -0.3 is 14.8 Å². The summed E-state index contributed by atoms with van der Waals surface area (Å²) in [6.45, 7) is 0.335. The third-order valence-corrected chi connectivity index (χ3v) is 3.62. The zero-order valence-electron chi connectivity index (χ0n) is 13.2. The molecular formula is C18H17ClN2O3. The van der Waals surface area contributed by atoms with Crippen molar-refractivity contribution in [3.8, 4) is 17.6 Å². The SMILES string of the molecule is COc1ccccc1CCNC(=O)COc1ccc(C#N)cc1Cl. The van der Waals surface area contributed by atoms with E-state index in [2.05, 4.69) is 5.32 Å². The number of halogens is 1. The number of carbonyl (C=O) groups is 1. The summed E-state index contributed by atoms with van der Waals surface area (Å²) in [5, 5.41) is 11.9. The molecule has 1 amide bonds. The zero-order chi connectivity index (χ0) is 17.4. The number of benzene rings is 2. The van der Waals surface area contributed by atoms with E-state index in [0.717, 1.165) is 11.3 Å². The topological polar surface area (TPSA) is 71.3 Å². The molecule has 0 bridgehead atoms. The summed E-state index contributed by atoms with van der Waals surface area (Å²) in [6, 6.07) is 14.3. The van der Waals surface area contributed by atoms with Gasteiger partial charge in [0, 0.05) is 6.54 Å². The summed E-state index contributed by atoms with van der Waals surface area (Å²) in [7, 11) is 1.62. The number of methoxy groups -OCH3 is 1. The van der Waals surface area contributed by atoms with Gasteiger partial charge in [0.05, 0.1) is 23.8 Å². The van der Waals surface area contributed by atoms with Gasteiger partial charge >= 0.3 is 0 Å². The fourth-order valence-corrected chi connectivity index (χ4v) is 2.36.